The second kappa shape index (κ2) is 6.81. The number of esters is 1. The van der Waals surface area contributed by atoms with Crippen LogP contribution < -0.4 is 5.32 Å². The summed E-state index contributed by atoms with van der Waals surface area (Å²) in [6, 6.07) is 16.1. The third kappa shape index (κ3) is 2.82. The first-order valence-corrected chi connectivity index (χ1v) is 8.87. The standard InChI is InChI=1S/C22H22N2O2/c1-3-12-26-22(25)19-13-17-16-10-6-7-11-18(16)23-21(17)20(24-19)15-9-5-4-8-14(15)2/h3-11,19-20,23-24H,1,12-13H2,2H3/t19-,20?/m0/s1. The molecule has 0 spiro atoms. The van der Waals surface area contributed by atoms with Crippen LogP contribution in [-0.2, 0) is 16.0 Å². The molecule has 2 atom stereocenters. The number of rotatable bonds is 4. The second-order valence-corrected chi connectivity index (χ2v) is 6.69. The Morgan fingerprint density at radius 3 is 2.81 bits per heavy atom. The Morgan fingerprint density at radius 1 is 1.23 bits per heavy atom. The van der Waals surface area contributed by atoms with E-state index >= 15 is 0 Å². The first-order valence-electron chi connectivity index (χ1n) is 8.87. The van der Waals surface area contributed by atoms with Crippen LogP contribution in [0.25, 0.3) is 10.9 Å². The van der Waals surface area contributed by atoms with Gasteiger partial charge in [-0.1, -0.05) is 55.1 Å². The smallest absolute Gasteiger partial charge is 0.323 e. The molecule has 0 fully saturated rings. The van der Waals surface area contributed by atoms with Gasteiger partial charge in [-0.25, -0.2) is 0 Å². The van der Waals surface area contributed by atoms with Gasteiger partial charge < -0.3 is 9.72 Å². The molecule has 0 radical (unpaired) electrons. The van der Waals surface area contributed by atoms with Gasteiger partial charge in [0.25, 0.3) is 0 Å². The number of nitrogens with one attached hydrogen (secondary N) is 2. The minimum absolute atomic E-state index is 0.0753. The van der Waals surface area contributed by atoms with E-state index in [1.807, 2.05) is 24.3 Å². The molecule has 2 N–H and O–H groups in total. The number of carbonyl (C=O) groups is 1. The quantitative estimate of drug-likeness (QED) is 0.558. The van der Waals surface area contributed by atoms with Crippen molar-refractivity contribution in [1.82, 2.24) is 10.3 Å². The SMILES string of the molecule is C=CCOC(=O)[C@@H]1Cc2c([nH]c3ccccc23)C(c2ccccc2C)N1. The lowest BCUT2D eigenvalue weighted by Crippen LogP contribution is -2.46. The van der Waals surface area contributed by atoms with Crippen molar-refractivity contribution in [2.24, 2.45) is 0 Å². The molecule has 4 heteroatoms. The topological polar surface area (TPSA) is 54.1 Å². The van der Waals surface area contributed by atoms with Gasteiger partial charge in [0.05, 0.1) is 6.04 Å². The van der Waals surface area contributed by atoms with Crippen molar-refractivity contribution >= 4 is 16.9 Å². The highest BCUT2D eigenvalue weighted by molar-refractivity contribution is 5.87. The van der Waals surface area contributed by atoms with Crippen molar-refractivity contribution < 1.29 is 9.53 Å². The number of benzene rings is 2. The fourth-order valence-corrected chi connectivity index (χ4v) is 3.78. The van der Waals surface area contributed by atoms with Gasteiger partial charge in [0, 0.05) is 23.0 Å². The zero-order chi connectivity index (χ0) is 18.1. The van der Waals surface area contributed by atoms with Crippen LogP contribution in [-0.4, -0.2) is 23.6 Å². The molecule has 4 nitrogen and oxygen atoms in total. The van der Waals surface area contributed by atoms with Crippen LogP contribution in [0.1, 0.15) is 28.4 Å². The predicted molar refractivity (Wildman–Crippen MR) is 103 cm³/mol. The summed E-state index contributed by atoms with van der Waals surface area (Å²) in [5.74, 6) is -0.237. The van der Waals surface area contributed by atoms with Crippen LogP contribution in [0, 0.1) is 6.92 Å². The van der Waals surface area contributed by atoms with E-state index in [0.717, 1.165) is 11.2 Å². The van der Waals surface area contributed by atoms with Gasteiger partial charge in [0.1, 0.15) is 12.6 Å². The number of H-pyrrole nitrogens is 1. The lowest BCUT2D eigenvalue weighted by Gasteiger charge is -2.31. The maximum Gasteiger partial charge on any atom is 0.323 e. The summed E-state index contributed by atoms with van der Waals surface area (Å²) < 4.78 is 5.32. The van der Waals surface area contributed by atoms with E-state index in [-0.39, 0.29) is 24.7 Å². The number of carbonyl (C=O) groups excluding carboxylic acids is 1. The number of fused-ring (bicyclic) bond motifs is 3. The summed E-state index contributed by atoms with van der Waals surface area (Å²) in [4.78, 5) is 16.1. The van der Waals surface area contributed by atoms with E-state index in [2.05, 4.69) is 48.1 Å². The number of aryl methyl sites for hydroxylation is 1. The zero-order valence-corrected chi connectivity index (χ0v) is 14.8. The molecule has 1 aliphatic rings. The van der Waals surface area contributed by atoms with Gasteiger partial charge in [-0.2, -0.15) is 0 Å². The number of ether oxygens (including phenoxy) is 1. The van der Waals surface area contributed by atoms with Gasteiger partial charge in [-0.3, -0.25) is 10.1 Å². The highest BCUT2D eigenvalue weighted by Gasteiger charge is 2.35. The third-order valence-electron chi connectivity index (χ3n) is 5.04. The first-order chi connectivity index (χ1) is 12.7. The Hall–Kier alpha value is -2.85. The van der Waals surface area contributed by atoms with Crippen LogP contribution in [0.15, 0.2) is 61.2 Å². The number of hydrogen-bond donors (Lipinski definition) is 2. The minimum atomic E-state index is -0.383. The van der Waals surface area contributed by atoms with E-state index in [1.54, 1.807) is 6.08 Å². The van der Waals surface area contributed by atoms with Crippen LogP contribution in [0.4, 0.5) is 0 Å². The maximum absolute atomic E-state index is 12.5. The zero-order valence-electron chi connectivity index (χ0n) is 14.8. The van der Waals surface area contributed by atoms with Gasteiger partial charge in [-0.05, 0) is 29.7 Å². The summed E-state index contributed by atoms with van der Waals surface area (Å²) in [5, 5.41) is 4.67. The van der Waals surface area contributed by atoms with Crippen molar-refractivity contribution in [2.75, 3.05) is 6.61 Å². The van der Waals surface area contributed by atoms with Crippen molar-refractivity contribution in [1.29, 1.82) is 0 Å². The summed E-state index contributed by atoms with van der Waals surface area (Å²) in [5.41, 5.74) is 5.77. The summed E-state index contributed by atoms with van der Waals surface area (Å²) in [6.45, 7) is 5.94. The molecule has 1 aliphatic heterocycles. The molecule has 0 bridgehead atoms. The van der Waals surface area contributed by atoms with Crippen molar-refractivity contribution in [3.05, 3.63) is 83.6 Å². The number of para-hydroxylation sites is 1. The maximum atomic E-state index is 12.5. The second-order valence-electron chi connectivity index (χ2n) is 6.69. The summed E-state index contributed by atoms with van der Waals surface area (Å²) in [6.07, 6.45) is 2.20. The molecule has 0 saturated heterocycles. The molecule has 0 saturated carbocycles. The molecular formula is C22H22N2O2. The third-order valence-corrected chi connectivity index (χ3v) is 5.04. The van der Waals surface area contributed by atoms with E-state index in [1.165, 1.54) is 22.1 Å². The van der Waals surface area contributed by atoms with Crippen LogP contribution in [0.3, 0.4) is 0 Å². The fourth-order valence-electron chi connectivity index (χ4n) is 3.78. The lowest BCUT2D eigenvalue weighted by atomic mass is 9.88. The Labute approximate surface area is 152 Å². The van der Waals surface area contributed by atoms with E-state index in [4.69, 9.17) is 4.74 Å². The molecule has 2 heterocycles. The van der Waals surface area contributed by atoms with Gasteiger partial charge >= 0.3 is 5.97 Å². The number of hydrogen-bond acceptors (Lipinski definition) is 3. The van der Waals surface area contributed by atoms with Crippen molar-refractivity contribution in [3.8, 4) is 0 Å². The first kappa shape index (κ1) is 16.6. The minimum Gasteiger partial charge on any atom is -0.460 e. The lowest BCUT2D eigenvalue weighted by molar-refractivity contribution is -0.145. The molecule has 2 aromatic carbocycles. The molecule has 132 valence electrons. The van der Waals surface area contributed by atoms with Gasteiger partial charge in [-0.15, -0.1) is 0 Å². The average Bonchev–Trinajstić information content (AvgIpc) is 3.04. The Balaban J connectivity index is 1.82. The van der Waals surface area contributed by atoms with E-state index < -0.39 is 0 Å². The Bertz CT molecular complexity index is 973. The molecule has 0 aliphatic carbocycles. The largest absolute Gasteiger partial charge is 0.460 e. The molecule has 4 rings (SSSR count). The molecule has 1 unspecified atom stereocenters. The van der Waals surface area contributed by atoms with Crippen LogP contribution >= 0.6 is 0 Å². The van der Waals surface area contributed by atoms with Crippen molar-refractivity contribution in [2.45, 2.75) is 25.4 Å². The van der Waals surface area contributed by atoms with E-state index in [0.29, 0.717) is 6.42 Å². The van der Waals surface area contributed by atoms with E-state index in [9.17, 15) is 4.79 Å². The van der Waals surface area contributed by atoms with Crippen LogP contribution in [0.5, 0.6) is 0 Å². The summed E-state index contributed by atoms with van der Waals surface area (Å²) >= 11 is 0. The number of aromatic amines is 1. The molecule has 1 aromatic heterocycles. The molecule has 26 heavy (non-hydrogen) atoms. The van der Waals surface area contributed by atoms with Gasteiger partial charge in [0.2, 0.25) is 0 Å². The summed E-state index contributed by atoms with van der Waals surface area (Å²) in [7, 11) is 0. The normalized spacial score (nSPS) is 19.1. The number of aromatic nitrogens is 1. The average molecular weight is 346 g/mol. The Kier molecular flexibility index (Phi) is 4.35. The van der Waals surface area contributed by atoms with Crippen molar-refractivity contribution in [3.63, 3.8) is 0 Å². The highest BCUT2D eigenvalue weighted by Crippen LogP contribution is 2.36. The van der Waals surface area contributed by atoms with Gasteiger partial charge in [0.15, 0.2) is 0 Å². The molecule has 0 amide bonds. The predicted octanol–water partition coefficient (Wildman–Crippen LogP) is 3.81. The molecular weight excluding hydrogens is 324 g/mol. The fraction of sp³-hybridized carbons (Fsp3) is 0.227. The Morgan fingerprint density at radius 2 is 2.00 bits per heavy atom. The molecule has 3 aromatic rings. The van der Waals surface area contributed by atoms with Crippen LogP contribution in [0.2, 0.25) is 0 Å². The highest BCUT2D eigenvalue weighted by atomic mass is 16.5. The monoisotopic (exact) mass is 346 g/mol.